The molecule has 0 aliphatic heterocycles. The molecule has 7 heteroatoms. The van der Waals surface area contributed by atoms with Crippen LogP contribution in [-0.2, 0) is 16.8 Å². The number of aromatic nitrogens is 2. The van der Waals surface area contributed by atoms with E-state index < -0.39 is 5.60 Å². The average molecular weight is 347 g/mol. The van der Waals surface area contributed by atoms with Crippen molar-refractivity contribution in [2.75, 3.05) is 6.54 Å². The second-order valence-corrected chi connectivity index (χ2v) is 6.73. The quantitative estimate of drug-likeness (QED) is 0.766. The molecule has 6 nitrogen and oxygen atoms in total. The smallest absolute Gasteiger partial charge is 0.226 e. The van der Waals surface area contributed by atoms with E-state index in [4.69, 9.17) is 4.52 Å². The minimum Gasteiger partial charge on any atom is -0.384 e. The third kappa shape index (κ3) is 4.85. The highest BCUT2D eigenvalue weighted by Gasteiger charge is 2.28. The molecule has 1 aliphatic rings. The van der Waals surface area contributed by atoms with Crippen molar-refractivity contribution < 1.29 is 18.8 Å². The number of carbonyl (C=O) groups excluding carboxylic acids is 1. The summed E-state index contributed by atoms with van der Waals surface area (Å²) in [6.45, 7) is 1.64. The van der Waals surface area contributed by atoms with E-state index in [0.717, 1.165) is 18.7 Å². The van der Waals surface area contributed by atoms with Gasteiger partial charge in [0, 0.05) is 18.8 Å². The molecule has 0 spiro atoms. The van der Waals surface area contributed by atoms with Crippen LogP contribution >= 0.6 is 0 Å². The zero-order valence-corrected chi connectivity index (χ0v) is 14.2. The monoisotopic (exact) mass is 347 g/mol. The molecule has 1 fully saturated rings. The van der Waals surface area contributed by atoms with E-state index in [1.807, 2.05) is 0 Å². The first-order valence-electron chi connectivity index (χ1n) is 8.51. The van der Waals surface area contributed by atoms with Gasteiger partial charge >= 0.3 is 0 Å². The van der Waals surface area contributed by atoms with Gasteiger partial charge in [-0.25, -0.2) is 4.39 Å². The molecule has 1 aromatic heterocycles. The molecule has 2 aromatic rings. The number of amides is 1. The van der Waals surface area contributed by atoms with Crippen LogP contribution in [0.3, 0.4) is 0 Å². The molecule has 0 radical (unpaired) electrons. The van der Waals surface area contributed by atoms with Crippen LogP contribution in [0.25, 0.3) is 0 Å². The standard InChI is InChI=1S/C18H22FN3O3/c1-18(24,13-7-9-14(19)10-8-13)11-20-15(23)3-2-4-16-21-17(22-25-16)12-5-6-12/h7-10,12,24H,2-6,11H2,1H3,(H,20,23). The van der Waals surface area contributed by atoms with Crippen molar-refractivity contribution >= 4 is 5.91 Å². The number of carbonyl (C=O) groups is 1. The van der Waals surface area contributed by atoms with Gasteiger partial charge < -0.3 is 14.9 Å². The Bertz CT molecular complexity index is 723. The molecule has 1 heterocycles. The number of nitrogens with one attached hydrogen (secondary N) is 1. The van der Waals surface area contributed by atoms with E-state index in [9.17, 15) is 14.3 Å². The molecule has 1 saturated carbocycles. The van der Waals surface area contributed by atoms with Crippen LogP contribution in [-0.4, -0.2) is 27.7 Å². The van der Waals surface area contributed by atoms with Gasteiger partial charge in [0.05, 0.1) is 6.54 Å². The largest absolute Gasteiger partial charge is 0.384 e. The maximum Gasteiger partial charge on any atom is 0.226 e. The number of hydrogen-bond acceptors (Lipinski definition) is 5. The van der Waals surface area contributed by atoms with E-state index >= 15 is 0 Å². The van der Waals surface area contributed by atoms with Crippen molar-refractivity contribution in [3.05, 3.63) is 47.4 Å². The number of aryl methyl sites for hydroxylation is 1. The molecule has 25 heavy (non-hydrogen) atoms. The molecule has 1 unspecified atom stereocenters. The predicted octanol–water partition coefficient (Wildman–Crippen LogP) is 2.43. The Morgan fingerprint density at radius 3 is 2.80 bits per heavy atom. The summed E-state index contributed by atoms with van der Waals surface area (Å²) < 4.78 is 18.1. The molecule has 2 N–H and O–H groups in total. The minimum atomic E-state index is -1.25. The summed E-state index contributed by atoms with van der Waals surface area (Å²) >= 11 is 0. The highest BCUT2D eigenvalue weighted by Crippen LogP contribution is 2.38. The van der Waals surface area contributed by atoms with Crippen molar-refractivity contribution in [3.63, 3.8) is 0 Å². The Hall–Kier alpha value is -2.28. The molecule has 1 amide bonds. The second kappa shape index (κ2) is 7.31. The summed E-state index contributed by atoms with van der Waals surface area (Å²) in [6.07, 6.45) is 3.70. The van der Waals surface area contributed by atoms with E-state index in [0.29, 0.717) is 36.6 Å². The fourth-order valence-electron chi connectivity index (χ4n) is 2.55. The Kier molecular flexibility index (Phi) is 5.13. The van der Waals surface area contributed by atoms with Crippen LogP contribution in [0.2, 0.25) is 0 Å². The average Bonchev–Trinajstić information content (AvgIpc) is 3.33. The van der Waals surface area contributed by atoms with Gasteiger partial charge in [-0.1, -0.05) is 17.3 Å². The fourth-order valence-corrected chi connectivity index (χ4v) is 2.55. The number of nitrogens with zero attached hydrogens (tertiary/aromatic N) is 2. The molecule has 3 rings (SSSR count). The zero-order chi connectivity index (χ0) is 17.9. The van der Waals surface area contributed by atoms with Gasteiger partial charge in [-0.2, -0.15) is 4.98 Å². The first-order valence-corrected chi connectivity index (χ1v) is 8.51. The molecule has 134 valence electrons. The molecule has 0 bridgehead atoms. The molecule has 1 atom stereocenters. The topological polar surface area (TPSA) is 88.2 Å². The lowest BCUT2D eigenvalue weighted by Crippen LogP contribution is -2.38. The second-order valence-electron chi connectivity index (χ2n) is 6.73. The number of aliphatic hydroxyl groups is 1. The van der Waals surface area contributed by atoms with E-state index in [1.165, 1.54) is 24.3 Å². The maximum absolute atomic E-state index is 12.9. The molecular weight excluding hydrogens is 325 g/mol. The van der Waals surface area contributed by atoms with Crippen molar-refractivity contribution in [2.45, 2.75) is 50.5 Å². The number of benzene rings is 1. The highest BCUT2D eigenvalue weighted by atomic mass is 19.1. The molecule has 1 aromatic carbocycles. The van der Waals surface area contributed by atoms with E-state index in [2.05, 4.69) is 15.5 Å². The van der Waals surface area contributed by atoms with Gasteiger partial charge in [-0.05, 0) is 43.9 Å². The first kappa shape index (κ1) is 17.5. The van der Waals surface area contributed by atoms with Gasteiger partial charge in [-0.15, -0.1) is 0 Å². The lowest BCUT2D eigenvalue weighted by atomic mass is 9.96. The molecular formula is C18H22FN3O3. The fraction of sp³-hybridized carbons (Fsp3) is 0.500. The van der Waals surface area contributed by atoms with Gasteiger partial charge in [0.25, 0.3) is 0 Å². The summed E-state index contributed by atoms with van der Waals surface area (Å²) in [4.78, 5) is 16.3. The van der Waals surface area contributed by atoms with Gasteiger partial charge in [0.15, 0.2) is 5.82 Å². The maximum atomic E-state index is 12.9. The summed E-state index contributed by atoms with van der Waals surface area (Å²) in [5.41, 5.74) is -0.706. The molecule has 1 aliphatic carbocycles. The van der Waals surface area contributed by atoms with Gasteiger partial charge in [0.1, 0.15) is 11.4 Å². The van der Waals surface area contributed by atoms with Crippen LogP contribution in [0.1, 0.15) is 55.8 Å². The van der Waals surface area contributed by atoms with Gasteiger partial charge in [0.2, 0.25) is 11.8 Å². The Balaban J connectivity index is 1.40. The van der Waals surface area contributed by atoms with E-state index in [-0.39, 0.29) is 18.3 Å². The SMILES string of the molecule is CC(O)(CNC(=O)CCCc1nc(C2CC2)no1)c1ccc(F)cc1. The van der Waals surface area contributed by atoms with Crippen LogP contribution in [0.4, 0.5) is 4.39 Å². The van der Waals surface area contributed by atoms with Crippen LogP contribution in [0.15, 0.2) is 28.8 Å². The first-order chi connectivity index (χ1) is 11.9. The van der Waals surface area contributed by atoms with Crippen molar-refractivity contribution in [3.8, 4) is 0 Å². The van der Waals surface area contributed by atoms with Crippen LogP contribution in [0.5, 0.6) is 0 Å². The third-order valence-corrected chi connectivity index (χ3v) is 4.32. The molecule has 0 saturated heterocycles. The minimum absolute atomic E-state index is 0.0594. The van der Waals surface area contributed by atoms with Crippen LogP contribution in [0, 0.1) is 5.82 Å². The lowest BCUT2D eigenvalue weighted by Gasteiger charge is -2.24. The summed E-state index contributed by atoms with van der Waals surface area (Å²) in [5.74, 6) is 1.26. The predicted molar refractivity (Wildman–Crippen MR) is 88.2 cm³/mol. The number of halogens is 1. The number of rotatable bonds is 8. The van der Waals surface area contributed by atoms with E-state index in [1.54, 1.807) is 6.92 Å². The summed E-state index contributed by atoms with van der Waals surface area (Å²) in [5, 5.41) is 17.1. The lowest BCUT2D eigenvalue weighted by molar-refractivity contribution is -0.122. The van der Waals surface area contributed by atoms with Crippen molar-refractivity contribution in [1.82, 2.24) is 15.5 Å². The zero-order valence-electron chi connectivity index (χ0n) is 14.2. The van der Waals surface area contributed by atoms with Crippen LogP contribution < -0.4 is 5.32 Å². The highest BCUT2D eigenvalue weighted by molar-refractivity contribution is 5.75. The Morgan fingerprint density at radius 1 is 1.40 bits per heavy atom. The summed E-state index contributed by atoms with van der Waals surface area (Å²) in [7, 11) is 0. The Labute approximate surface area is 145 Å². The number of hydrogen-bond donors (Lipinski definition) is 2. The normalized spacial score (nSPS) is 16.4. The summed E-state index contributed by atoms with van der Waals surface area (Å²) in [6, 6.07) is 5.58. The van der Waals surface area contributed by atoms with Crippen molar-refractivity contribution in [2.24, 2.45) is 0 Å². The third-order valence-electron chi connectivity index (χ3n) is 4.32. The van der Waals surface area contributed by atoms with Crippen molar-refractivity contribution in [1.29, 1.82) is 0 Å². The van der Waals surface area contributed by atoms with Gasteiger partial charge in [-0.3, -0.25) is 4.79 Å². The Morgan fingerprint density at radius 2 is 2.12 bits per heavy atom.